The number of allylic oxidation sites excluding steroid dienone is 1. The zero-order valence-corrected chi connectivity index (χ0v) is 14.0. The van der Waals surface area contributed by atoms with Crippen LogP contribution in [0.5, 0.6) is 11.5 Å². The van der Waals surface area contributed by atoms with E-state index >= 15 is 0 Å². The first-order chi connectivity index (χ1) is 11.7. The van der Waals surface area contributed by atoms with Crippen molar-refractivity contribution in [1.29, 1.82) is 0 Å². The molecule has 0 unspecified atom stereocenters. The average Bonchev–Trinajstić information content (AvgIpc) is 2.63. The molecule has 1 amide bonds. The van der Waals surface area contributed by atoms with E-state index in [1.165, 1.54) is 0 Å². The molecule has 1 saturated heterocycles. The van der Waals surface area contributed by atoms with Crippen molar-refractivity contribution < 1.29 is 14.3 Å². The Kier molecular flexibility index (Phi) is 4.85. The minimum atomic E-state index is 0.0794. The smallest absolute Gasteiger partial charge is 0.224 e. The molecule has 24 heavy (non-hydrogen) atoms. The Morgan fingerprint density at radius 1 is 0.833 bits per heavy atom. The zero-order chi connectivity index (χ0) is 16.9. The summed E-state index contributed by atoms with van der Waals surface area (Å²) >= 11 is 0. The fraction of sp³-hybridized carbons (Fsp3) is 0.250. The van der Waals surface area contributed by atoms with Gasteiger partial charge in [-0.2, -0.15) is 0 Å². The summed E-state index contributed by atoms with van der Waals surface area (Å²) in [5, 5.41) is 3.05. The second-order valence-electron chi connectivity index (χ2n) is 5.71. The predicted molar refractivity (Wildman–Crippen MR) is 94.0 cm³/mol. The molecule has 1 N–H and O–H groups in total. The number of amides is 1. The fourth-order valence-electron chi connectivity index (χ4n) is 2.94. The topological polar surface area (TPSA) is 47.6 Å². The van der Waals surface area contributed by atoms with Gasteiger partial charge in [-0.25, -0.2) is 0 Å². The van der Waals surface area contributed by atoms with Gasteiger partial charge in [0, 0.05) is 17.7 Å². The third-order valence-corrected chi connectivity index (χ3v) is 4.18. The quantitative estimate of drug-likeness (QED) is 0.932. The summed E-state index contributed by atoms with van der Waals surface area (Å²) in [5.41, 5.74) is 4.13. The van der Waals surface area contributed by atoms with Gasteiger partial charge in [-0.1, -0.05) is 24.3 Å². The molecule has 0 radical (unpaired) electrons. The Labute approximate surface area is 142 Å². The lowest BCUT2D eigenvalue weighted by Crippen LogP contribution is -2.28. The molecule has 1 heterocycles. The van der Waals surface area contributed by atoms with Crippen molar-refractivity contribution in [3.05, 3.63) is 65.4 Å². The van der Waals surface area contributed by atoms with Crippen LogP contribution in [0.15, 0.2) is 54.2 Å². The minimum absolute atomic E-state index is 0.0794. The van der Waals surface area contributed by atoms with Crippen LogP contribution in [-0.4, -0.2) is 20.1 Å². The Bertz CT molecular complexity index is 696. The number of rotatable bonds is 4. The van der Waals surface area contributed by atoms with E-state index in [2.05, 4.69) is 5.32 Å². The number of methoxy groups -OCH3 is 2. The third-order valence-electron chi connectivity index (χ3n) is 4.18. The maximum atomic E-state index is 11.9. The molecule has 4 heteroatoms. The fourth-order valence-corrected chi connectivity index (χ4v) is 2.94. The van der Waals surface area contributed by atoms with E-state index in [-0.39, 0.29) is 5.91 Å². The van der Waals surface area contributed by atoms with Crippen LogP contribution >= 0.6 is 0 Å². The molecule has 0 aromatic heterocycles. The minimum Gasteiger partial charge on any atom is -0.497 e. The van der Waals surface area contributed by atoms with Gasteiger partial charge in [0.1, 0.15) is 11.5 Å². The van der Waals surface area contributed by atoms with Gasteiger partial charge in [-0.05, 0) is 48.2 Å². The van der Waals surface area contributed by atoms with E-state index in [1.807, 2.05) is 48.5 Å². The van der Waals surface area contributed by atoms with Gasteiger partial charge in [-0.3, -0.25) is 4.79 Å². The van der Waals surface area contributed by atoms with Gasteiger partial charge in [0.15, 0.2) is 0 Å². The summed E-state index contributed by atoms with van der Waals surface area (Å²) in [6.45, 7) is 0. The molecule has 0 aliphatic carbocycles. The number of piperidine rings is 1. The van der Waals surface area contributed by atoms with Gasteiger partial charge >= 0.3 is 0 Å². The van der Waals surface area contributed by atoms with Crippen molar-refractivity contribution >= 4 is 11.5 Å². The maximum Gasteiger partial charge on any atom is 0.224 e. The average molecular weight is 323 g/mol. The standard InChI is InChI=1S/C20H21NO3/c1-23-16-10-6-14(7-11-16)20(18-4-3-5-19(22)21-18)15-8-12-17(24-2)13-9-15/h6-13H,3-5H2,1-2H3,(H,21,22). The number of carbonyl (C=O) groups excluding carboxylic acids is 1. The van der Waals surface area contributed by atoms with Crippen molar-refractivity contribution in [2.75, 3.05) is 14.2 Å². The predicted octanol–water partition coefficient (Wildman–Crippen LogP) is 3.76. The first-order valence-electron chi connectivity index (χ1n) is 8.03. The second kappa shape index (κ2) is 7.21. The van der Waals surface area contributed by atoms with Crippen molar-refractivity contribution in [3.63, 3.8) is 0 Å². The maximum absolute atomic E-state index is 11.9. The Morgan fingerprint density at radius 3 is 1.75 bits per heavy atom. The molecule has 1 aliphatic rings. The van der Waals surface area contributed by atoms with Crippen molar-refractivity contribution in [1.82, 2.24) is 5.32 Å². The molecule has 1 fully saturated rings. The van der Waals surface area contributed by atoms with Crippen LogP contribution in [0.1, 0.15) is 30.4 Å². The summed E-state index contributed by atoms with van der Waals surface area (Å²) in [5.74, 6) is 1.70. The van der Waals surface area contributed by atoms with Crippen LogP contribution in [0.4, 0.5) is 0 Å². The molecule has 3 rings (SSSR count). The molecule has 1 aliphatic heterocycles. The number of ether oxygens (including phenoxy) is 2. The molecule has 0 bridgehead atoms. The summed E-state index contributed by atoms with van der Waals surface area (Å²) in [7, 11) is 3.30. The lowest BCUT2D eigenvalue weighted by atomic mass is 9.92. The molecule has 2 aromatic carbocycles. The van der Waals surface area contributed by atoms with Crippen LogP contribution < -0.4 is 14.8 Å². The number of carbonyl (C=O) groups is 1. The largest absolute Gasteiger partial charge is 0.497 e. The van der Waals surface area contributed by atoms with E-state index < -0.39 is 0 Å². The summed E-state index contributed by atoms with van der Waals surface area (Å²) in [4.78, 5) is 11.9. The highest BCUT2D eigenvalue weighted by Gasteiger charge is 2.18. The van der Waals surface area contributed by atoms with E-state index in [1.54, 1.807) is 14.2 Å². The molecule has 4 nitrogen and oxygen atoms in total. The Hall–Kier alpha value is -2.75. The molecular weight excluding hydrogens is 302 g/mol. The number of benzene rings is 2. The molecular formula is C20H21NO3. The van der Waals surface area contributed by atoms with Gasteiger partial charge in [-0.15, -0.1) is 0 Å². The molecule has 124 valence electrons. The van der Waals surface area contributed by atoms with Crippen LogP contribution in [0.2, 0.25) is 0 Å². The number of hydrogen-bond acceptors (Lipinski definition) is 3. The lowest BCUT2D eigenvalue weighted by Gasteiger charge is -2.21. The van der Waals surface area contributed by atoms with Gasteiger partial charge < -0.3 is 14.8 Å². The van der Waals surface area contributed by atoms with Crippen molar-refractivity contribution in [3.8, 4) is 11.5 Å². The lowest BCUT2D eigenvalue weighted by molar-refractivity contribution is -0.121. The second-order valence-corrected chi connectivity index (χ2v) is 5.71. The Balaban J connectivity index is 2.08. The summed E-state index contributed by atoms with van der Waals surface area (Å²) < 4.78 is 10.5. The van der Waals surface area contributed by atoms with E-state index in [4.69, 9.17) is 9.47 Å². The zero-order valence-electron chi connectivity index (χ0n) is 14.0. The first-order valence-corrected chi connectivity index (χ1v) is 8.03. The van der Waals surface area contributed by atoms with E-state index in [9.17, 15) is 4.79 Å². The first kappa shape index (κ1) is 16.1. The number of nitrogens with one attached hydrogen (secondary N) is 1. The molecule has 0 spiro atoms. The summed E-state index contributed by atoms with van der Waals surface area (Å²) in [6, 6.07) is 15.8. The van der Waals surface area contributed by atoms with Gasteiger partial charge in [0.2, 0.25) is 5.91 Å². The molecule has 0 saturated carbocycles. The molecule has 0 atom stereocenters. The van der Waals surface area contributed by atoms with Crippen LogP contribution in [0.3, 0.4) is 0 Å². The molecule has 2 aromatic rings. The Morgan fingerprint density at radius 2 is 1.33 bits per heavy atom. The van der Waals surface area contributed by atoms with Crippen LogP contribution in [0.25, 0.3) is 5.57 Å². The van der Waals surface area contributed by atoms with Crippen LogP contribution in [-0.2, 0) is 4.79 Å². The summed E-state index contributed by atoms with van der Waals surface area (Å²) in [6.07, 6.45) is 2.32. The van der Waals surface area contributed by atoms with Crippen LogP contribution in [0, 0.1) is 0 Å². The monoisotopic (exact) mass is 323 g/mol. The normalized spacial score (nSPS) is 14.1. The van der Waals surface area contributed by atoms with Crippen molar-refractivity contribution in [2.24, 2.45) is 0 Å². The van der Waals surface area contributed by atoms with Gasteiger partial charge in [0.05, 0.1) is 14.2 Å². The van der Waals surface area contributed by atoms with E-state index in [0.29, 0.717) is 6.42 Å². The van der Waals surface area contributed by atoms with Gasteiger partial charge in [0.25, 0.3) is 0 Å². The highest BCUT2D eigenvalue weighted by molar-refractivity contribution is 5.88. The highest BCUT2D eigenvalue weighted by Crippen LogP contribution is 2.31. The SMILES string of the molecule is COc1ccc(C(=C2CCCC(=O)N2)c2ccc(OC)cc2)cc1. The van der Waals surface area contributed by atoms with E-state index in [0.717, 1.165) is 46.7 Å². The van der Waals surface area contributed by atoms with Crippen molar-refractivity contribution in [2.45, 2.75) is 19.3 Å². The number of hydrogen-bond donors (Lipinski definition) is 1. The third kappa shape index (κ3) is 3.43. The highest BCUT2D eigenvalue weighted by atomic mass is 16.5.